The van der Waals surface area contributed by atoms with Gasteiger partial charge in [-0.3, -0.25) is 4.79 Å². The summed E-state index contributed by atoms with van der Waals surface area (Å²) >= 11 is 0. The zero-order valence-electron chi connectivity index (χ0n) is 6.47. The van der Waals surface area contributed by atoms with Gasteiger partial charge in [0.25, 0.3) is 0 Å². The van der Waals surface area contributed by atoms with E-state index in [0.717, 1.165) is 18.6 Å². The van der Waals surface area contributed by atoms with Crippen LogP contribution in [0.4, 0.5) is 0 Å². The van der Waals surface area contributed by atoms with Crippen LogP contribution in [0, 0.1) is 5.92 Å². The fourth-order valence-electron chi connectivity index (χ4n) is 1.79. The fourth-order valence-corrected chi connectivity index (χ4v) is 1.79. The first-order valence-electron chi connectivity index (χ1n) is 4.24. The van der Waals surface area contributed by atoms with Crippen molar-refractivity contribution in [2.75, 3.05) is 0 Å². The average Bonchev–Trinajstić information content (AvgIpc) is 2.25. The molecule has 2 rings (SSSR count). The maximum atomic E-state index is 11.1. The molecule has 1 aliphatic heterocycles. The Morgan fingerprint density at radius 3 is 3.18 bits per heavy atom. The lowest BCUT2D eigenvalue weighted by molar-refractivity contribution is -0.122. The number of nitrogens with zero attached hydrogens (tertiary/aromatic N) is 1. The molecule has 1 heterocycles. The molecule has 3 nitrogen and oxygen atoms in total. The molecule has 1 N–H and O–H groups in total. The molecular formula is C8H12N2O. The molecule has 11 heavy (non-hydrogen) atoms. The van der Waals surface area contributed by atoms with Gasteiger partial charge in [-0.15, -0.1) is 0 Å². The van der Waals surface area contributed by atoms with Crippen molar-refractivity contribution in [2.45, 2.75) is 32.1 Å². The Kier molecular flexibility index (Phi) is 1.64. The zero-order chi connectivity index (χ0) is 7.68. The highest BCUT2D eigenvalue weighted by atomic mass is 16.2. The Balaban J connectivity index is 2.15. The monoisotopic (exact) mass is 152 g/mol. The molecule has 0 bridgehead atoms. The van der Waals surface area contributed by atoms with E-state index in [1.165, 1.54) is 19.3 Å². The summed E-state index contributed by atoms with van der Waals surface area (Å²) in [6.45, 7) is 0. The maximum Gasteiger partial charge on any atom is 0.248 e. The van der Waals surface area contributed by atoms with Crippen molar-refractivity contribution in [2.24, 2.45) is 11.0 Å². The van der Waals surface area contributed by atoms with Crippen LogP contribution in [0.25, 0.3) is 0 Å². The third-order valence-electron chi connectivity index (χ3n) is 2.45. The summed E-state index contributed by atoms with van der Waals surface area (Å²) in [4.78, 5) is 11.1. The second-order valence-electron chi connectivity index (χ2n) is 3.23. The molecular weight excluding hydrogens is 140 g/mol. The number of hydrogen-bond acceptors (Lipinski definition) is 2. The third-order valence-corrected chi connectivity index (χ3v) is 2.45. The highest BCUT2D eigenvalue weighted by molar-refractivity contribution is 6.07. The van der Waals surface area contributed by atoms with Crippen LogP contribution in [0.2, 0.25) is 0 Å². The van der Waals surface area contributed by atoms with Crippen molar-refractivity contribution < 1.29 is 4.79 Å². The molecule has 1 unspecified atom stereocenters. The molecule has 1 atom stereocenters. The molecule has 2 aliphatic rings. The molecule has 0 spiro atoms. The van der Waals surface area contributed by atoms with Gasteiger partial charge in [0.2, 0.25) is 5.91 Å². The standard InChI is InChI=1S/C8H12N2O/c11-8-6-4-2-1-3-5-7(6)9-10-8/h6H,1-5H2,(H,10,11). The van der Waals surface area contributed by atoms with E-state index >= 15 is 0 Å². The number of rotatable bonds is 0. The average molecular weight is 152 g/mol. The van der Waals surface area contributed by atoms with E-state index in [-0.39, 0.29) is 11.8 Å². The third kappa shape index (κ3) is 1.15. The summed E-state index contributed by atoms with van der Waals surface area (Å²) in [6, 6.07) is 0. The van der Waals surface area contributed by atoms with Crippen LogP contribution < -0.4 is 5.43 Å². The Labute approximate surface area is 65.9 Å². The number of carbonyl (C=O) groups excluding carboxylic acids is 1. The highest BCUT2D eigenvalue weighted by Gasteiger charge is 2.30. The van der Waals surface area contributed by atoms with E-state index in [0.29, 0.717) is 0 Å². The number of nitrogens with one attached hydrogen (secondary N) is 1. The molecule has 1 aliphatic carbocycles. The van der Waals surface area contributed by atoms with Gasteiger partial charge < -0.3 is 0 Å². The van der Waals surface area contributed by atoms with E-state index in [1.54, 1.807) is 0 Å². The molecule has 3 heteroatoms. The minimum Gasteiger partial charge on any atom is -0.272 e. The quantitative estimate of drug-likeness (QED) is 0.554. The molecule has 1 saturated carbocycles. The Morgan fingerprint density at radius 2 is 2.27 bits per heavy atom. The van der Waals surface area contributed by atoms with Gasteiger partial charge in [-0.1, -0.05) is 12.8 Å². The normalized spacial score (nSPS) is 30.4. The van der Waals surface area contributed by atoms with Crippen LogP contribution in [0.5, 0.6) is 0 Å². The Morgan fingerprint density at radius 1 is 1.36 bits per heavy atom. The summed E-state index contributed by atoms with van der Waals surface area (Å²) < 4.78 is 0. The van der Waals surface area contributed by atoms with Crippen LogP contribution in [0.3, 0.4) is 0 Å². The fraction of sp³-hybridized carbons (Fsp3) is 0.750. The lowest BCUT2D eigenvalue weighted by atomic mass is 9.99. The van der Waals surface area contributed by atoms with Crippen molar-refractivity contribution in [1.29, 1.82) is 0 Å². The molecule has 1 amide bonds. The van der Waals surface area contributed by atoms with Gasteiger partial charge in [0.1, 0.15) is 0 Å². The van der Waals surface area contributed by atoms with Crippen molar-refractivity contribution in [3.05, 3.63) is 0 Å². The van der Waals surface area contributed by atoms with E-state index in [9.17, 15) is 4.79 Å². The molecule has 0 aromatic carbocycles. The van der Waals surface area contributed by atoms with Crippen molar-refractivity contribution in [3.8, 4) is 0 Å². The van der Waals surface area contributed by atoms with Gasteiger partial charge in [-0.05, 0) is 19.3 Å². The first kappa shape index (κ1) is 6.83. The lowest BCUT2D eigenvalue weighted by Gasteiger charge is -2.03. The number of fused-ring (bicyclic) bond motifs is 1. The molecule has 0 saturated heterocycles. The topological polar surface area (TPSA) is 41.5 Å². The van der Waals surface area contributed by atoms with Crippen LogP contribution >= 0.6 is 0 Å². The van der Waals surface area contributed by atoms with Crippen LogP contribution in [0.1, 0.15) is 32.1 Å². The smallest absolute Gasteiger partial charge is 0.248 e. The largest absolute Gasteiger partial charge is 0.272 e. The number of carbonyl (C=O) groups is 1. The Hall–Kier alpha value is -0.860. The second-order valence-corrected chi connectivity index (χ2v) is 3.23. The van der Waals surface area contributed by atoms with Gasteiger partial charge >= 0.3 is 0 Å². The molecule has 0 radical (unpaired) electrons. The first-order valence-corrected chi connectivity index (χ1v) is 4.24. The van der Waals surface area contributed by atoms with Gasteiger partial charge in [0.05, 0.1) is 11.6 Å². The SMILES string of the molecule is O=C1NN=C2CCCCCC12. The second kappa shape index (κ2) is 2.64. The van der Waals surface area contributed by atoms with Gasteiger partial charge in [0, 0.05) is 0 Å². The summed E-state index contributed by atoms with van der Waals surface area (Å²) in [5.41, 5.74) is 3.63. The molecule has 60 valence electrons. The summed E-state index contributed by atoms with van der Waals surface area (Å²) in [5, 5.41) is 4.02. The Bertz CT molecular complexity index is 210. The van der Waals surface area contributed by atoms with Crippen LogP contribution in [-0.2, 0) is 4.79 Å². The predicted molar refractivity (Wildman–Crippen MR) is 42.2 cm³/mol. The van der Waals surface area contributed by atoms with Gasteiger partial charge in [-0.2, -0.15) is 5.10 Å². The number of hydrazone groups is 1. The van der Waals surface area contributed by atoms with E-state index in [2.05, 4.69) is 10.5 Å². The van der Waals surface area contributed by atoms with Crippen molar-refractivity contribution >= 4 is 11.6 Å². The van der Waals surface area contributed by atoms with E-state index < -0.39 is 0 Å². The van der Waals surface area contributed by atoms with Gasteiger partial charge in [0.15, 0.2) is 0 Å². The molecule has 0 aromatic rings. The summed E-state index contributed by atoms with van der Waals surface area (Å²) in [6.07, 6.45) is 5.65. The zero-order valence-corrected chi connectivity index (χ0v) is 6.47. The minimum absolute atomic E-state index is 0.113. The molecule has 0 aromatic heterocycles. The van der Waals surface area contributed by atoms with Crippen LogP contribution in [0.15, 0.2) is 5.10 Å². The first-order chi connectivity index (χ1) is 5.38. The summed E-state index contributed by atoms with van der Waals surface area (Å²) in [5.74, 6) is 0.236. The summed E-state index contributed by atoms with van der Waals surface area (Å²) in [7, 11) is 0. The highest BCUT2D eigenvalue weighted by Crippen LogP contribution is 2.23. The van der Waals surface area contributed by atoms with Crippen LogP contribution in [-0.4, -0.2) is 11.6 Å². The van der Waals surface area contributed by atoms with E-state index in [4.69, 9.17) is 0 Å². The predicted octanol–water partition coefficient (Wildman–Crippen LogP) is 1.05. The maximum absolute atomic E-state index is 11.1. The van der Waals surface area contributed by atoms with Crippen molar-refractivity contribution in [1.82, 2.24) is 5.43 Å². The van der Waals surface area contributed by atoms with Gasteiger partial charge in [-0.25, -0.2) is 5.43 Å². The number of amides is 1. The number of hydrogen-bond donors (Lipinski definition) is 1. The lowest BCUT2D eigenvalue weighted by Crippen LogP contribution is -2.22. The minimum atomic E-state index is 0.113. The van der Waals surface area contributed by atoms with Crippen molar-refractivity contribution in [3.63, 3.8) is 0 Å². The molecule has 1 fully saturated rings. The van der Waals surface area contributed by atoms with E-state index in [1.807, 2.05) is 0 Å².